The van der Waals surface area contributed by atoms with Crippen LogP contribution in [0.5, 0.6) is 0 Å². The fourth-order valence-corrected chi connectivity index (χ4v) is 3.22. The van der Waals surface area contributed by atoms with Crippen molar-refractivity contribution in [3.05, 3.63) is 77.1 Å². The molecule has 1 aliphatic heterocycles. The average Bonchev–Trinajstić information content (AvgIpc) is 2.60. The standard InChI is InChI=1S/C21H26N2/c1-2-3-4-5-7-18-9-11-19(12-10-18)16-23-15-13-21-20(17-23)8-6-14-22-21/h2-3,6,8-12,14H,4-5,7,13,15-17H2,1H3. The van der Waals surface area contributed by atoms with Crippen molar-refractivity contribution in [1.29, 1.82) is 0 Å². The summed E-state index contributed by atoms with van der Waals surface area (Å²) in [6.07, 6.45) is 10.9. The molecular weight excluding hydrogens is 280 g/mol. The minimum atomic E-state index is 1.02. The minimum absolute atomic E-state index is 1.02. The van der Waals surface area contributed by atoms with Crippen molar-refractivity contribution in [3.8, 4) is 0 Å². The summed E-state index contributed by atoms with van der Waals surface area (Å²) in [6, 6.07) is 13.4. The van der Waals surface area contributed by atoms with Gasteiger partial charge in [-0.05, 0) is 48.9 Å². The molecule has 0 aliphatic carbocycles. The molecule has 0 saturated heterocycles. The lowest BCUT2D eigenvalue weighted by atomic mass is 10.0. The molecular formula is C21H26N2. The number of fused-ring (bicyclic) bond motifs is 1. The predicted octanol–water partition coefficient (Wildman–Crippen LogP) is 4.54. The summed E-state index contributed by atoms with van der Waals surface area (Å²) >= 11 is 0. The van der Waals surface area contributed by atoms with Gasteiger partial charge in [-0.2, -0.15) is 0 Å². The van der Waals surface area contributed by atoms with Crippen LogP contribution in [0.3, 0.4) is 0 Å². The lowest BCUT2D eigenvalue weighted by molar-refractivity contribution is 0.243. The van der Waals surface area contributed by atoms with Gasteiger partial charge in [0.05, 0.1) is 0 Å². The van der Waals surface area contributed by atoms with Crippen molar-refractivity contribution in [1.82, 2.24) is 9.88 Å². The average molecular weight is 306 g/mol. The maximum atomic E-state index is 4.48. The Morgan fingerprint density at radius 2 is 1.96 bits per heavy atom. The lowest BCUT2D eigenvalue weighted by Gasteiger charge is -2.28. The fourth-order valence-electron chi connectivity index (χ4n) is 3.22. The quantitative estimate of drug-likeness (QED) is 0.575. The highest BCUT2D eigenvalue weighted by atomic mass is 15.1. The van der Waals surface area contributed by atoms with Crippen LogP contribution in [-0.2, 0) is 25.9 Å². The van der Waals surface area contributed by atoms with Crippen LogP contribution in [0.15, 0.2) is 54.7 Å². The Morgan fingerprint density at radius 3 is 2.78 bits per heavy atom. The third-order valence-corrected chi connectivity index (χ3v) is 4.54. The van der Waals surface area contributed by atoms with Crippen LogP contribution < -0.4 is 0 Å². The van der Waals surface area contributed by atoms with Gasteiger partial charge in [0.15, 0.2) is 0 Å². The minimum Gasteiger partial charge on any atom is -0.294 e. The summed E-state index contributed by atoms with van der Waals surface area (Å²) in [5, 5.41) is 0. The molecule has 2 heteroatoms. The Morgan fingerprint density at radius 1 is 1.13 bits per heavy atom. The number of benzene rings is 1. The van der Waals surface area contributed by atoms with Gasteiger partial charge in [0.25, 0.3) is 0 Å². The molecule has 0 amide bonds. The number of nitrogens with zero attached hydrogens (tertiary/aromatic N) is 2. The second-order valence-corrected chi connectivity index (χ2v) is 6.35. The van der Waals surface area contributed by atoms with Crippen molar-refractivity contribution >= 4 is 0 Å². The zero-order valence-corrected chi connectivity index (χ0v) is 14.0. The number of hydrogen-bond acceptors (Lipinski definition) is 2. The van der Waals surface area contributed by atoms with Gasteiger partial charge in [0.2, 0.25) is 0 Å². The van der Waals surface area contributed by atoms with Gasteiger partial charge in [0, 0.05) is 37.9 Å². The molecule has 3 rings (SSSR count). The highest BCUT2D eigenvalue weighted by Crippen LogP contribution is 2.19. The van der Waals surface area contributed by atoms with Gasteiger partial charge < -0.3 is 0 Å². The molecule has 2 heterocycles. The molecule has 0 spiro atoms. The molecule has 0 saturated carbocycles. The highest BCUT2D eigenvalue weighted by molar-refractivity contribution is 5.25. The molecule has 0 atom stereocenters. The largest absolute Gasteiger partial charge is 0.294 e. The zero-order valence-electron chi connectivity index (χ0n) is 14.0. The summed E-state index contributed by atoms with van der Waals surface area (Å²) < 4.78 is 0. The van der Waals surface area contributed by atoms with E-state index >= 15 is 0 Å². The fraction of sp³-hybridized carbons (Fsp3) is 0.381. The van der Waals surface area contributed by atoms with Crippen LogP contribution in [-0.4, -0.2) is 16.4 Å². The van der Waals surface area contributed by atoms with E-state index in [9.17, 15) is 0 Å². The van der Waals surface area contributed by atoms with Crippen molar-refractivity contribution in [2.45, 2.75) is 45.7 Å². The van der Waals surface area contributed by atoms with Gasteiger partial charge in [0.1, 0.15) is 0 Å². The highest BCUT2D eigenvalue weighted by Gasteiger charge is 2.16. The predicted molar refractivity (Wildman–Crippen MR) is 96.2 cm³/mol. The summed E-state index contributed by atoms with van der Waals surface area (Å²) in [6.45, 7) is 5.25. The zero-order chi connectivity index (χ0) is 15.9. The second-order valence-electron chi connectivity index (χ2n) is 6.35. The molecule has 0 bridgehead atoms. The van der Waals surface area contributed by atoms with Gasteiger partial charge in [-0.1, -0.05) is 42.5 Å². The maximum Gasteiger partial charge on any atom is 0.0461 e. The van der Waals surface area contributed by atoms with E-state index in [-0.39, 0.29) is 0 Å². The number of aryl methyl sites for hydroxylation is 1. The van der Waals surface area contributed by atoms with Crippen molar-refractivity contribution in [3.63, 3.8) is 0 Å². The van der Waals surface area contributed by atoms with E-state index in [1.165, 1.54) is 41.6 Å². The van der Waals surface area contributed by atoms with Crippen molar-refractivity contribution in [2.24, 2.45) is 0 Å². The molecule has 1 aromatic carbocycles. The SMILES string of the molecule is CC=CCCCc1ccc(CN2CCc3ncccc3C2)cc1. The molecule has 2 aromatic rings. The lowest BCUT2D eigenvalue weighted by Crippen LogP contribution is -2.30. The third-order valence-electron chi connectivity index (χ3n) is 4.54. The van der Waals surface area contributed by atoms with Gasteiger partial charge in [-0.15, -0.1) is 0 Å². The summed E-state index contributed by atoms with van der Waals surface area (Å²) in [5.74, 6) is 0. The van der Waals surface area contributed by atoms with E-state index in [2.05, 4.69) is 59.3 Å². The van der Waals surface area contributed by atoms with Crippen LogP contribution in [0, 0.1) is 0 Å². The van der Waals surface area contributed by atoms with E-state index in [1.807, 2.05) is 12.3 Å². The smallest absolute Gasteiger partial charge is 0.0461 e. The van der Waals surface area contributed by atoms with E-state index in [4.69, 9.17) is 0 Å². The molecule has 120 valence electrons. The first-order valence-corrected chi connectivity index (χ1v) is 8.69. The second kappa shape index (κ2) is 8.07. The maximum absolute atomic E-state index is 4.48. The molecule has 0 N–H and O–H groups in total. The van der Waals surface area contributed by atoms with Gasteiger partial charge >= 0.3 is 0 Å². The molecule has 23 heavy (non-hydrogen) atoms. The summed E-state index contributed by atoms with van der Waals surface area (Å²) in [7, 11) is 0. The first kappa shape index (κ1) is 15.9. The Balaban J connectivity index is 1.53. The monoisotopic (exact) mass is 306 g/mol. The van der Waals surface area contributed by atoms with E-state index in [0.717, 1.165) is 26.1 Å². The van der Waals surface area contributed by atoms with Crippen LogP contribution in [0.1, 0.15) is 42.1 Å². The topological polar surface area (TPSA) is 16.1 Å². The van der Waals surface area contributed by atoms with Gasteiger partial charge in [-0.3, -0.25) is 9.88 Å². The molecule has 0 radical (unpaired) electrons. The summed E-state index contributed by atoms with van der Waals surface area (Å²) in [5.41, 5.74) is 5.53. The van der Waals surface area contributed by atoms with Crippen LogP contribution in [0.2, 0.25) is 0 Å². The number of pyridine rings is 1. The molecule has 0 unspecified atom stereocenters. The van der Waals surface area contributed by atoms with Crippen LogP contribution >= 0.6 is 0 Å². The number of unbranched alkanes of at least 4 members (excludes halogenated alkanes) is 1. The molecule has 1 aliphatic rings. The van der Waals surface area contributed by atoms with Crippen LogP contribution in [0.4, 0.5) is 0 Å². The molecule has 1 aromatic heterocycles. The number of allylic oxidation sites excluding steroid dienone is 2. The summed E-state index contributed by atoms with van der Waals surface area (Å²) in [4.78, 5) is 7.00. The third kappa shape index (κ3) is 4.52. The van der Waals surface area contributed by atoms with E-state index < -0.39 is 0 Å². The van der Waals surface area contributed by atoms with Crippen molar-refractivity contribution < 1.29 is 0 Å². The van der Waals surface area contributed by atoms with Gasteiger partial charge in [-0.25, -0.2) is 0 Å². The Labute approximate surface area is 139 Å². The molecule has 2 nitrogen and oxygen atoms in total. The molecule has 0 fully saturated rings. The first-order valence-electron chi connectivity index (χ1n) is 8.69. The Bertz CT molecular complexity index is 643. The first-order chi connectivity index (χ1) is 11.3. The van der Waals surface area contributed by atoms with E-state index in [1.54, 1.807) is 0 Å². The number of aromatic nitrogens is 1. The normalized spacial score (nSPS) is 15.0. The van der Waals surface area contributed by atoms with Crippen molar-refractivity contribution in [2.75, 3.05) is 6.54 Å². The van der Waals surface area contributed by atoms with Crippen LogP contribution in [0.25, 0.3) is 0 Å². The Hall–Kier alpha value is -1.93. The number of rotatable bonds is 6. The number of hydrogen-bond donors (Lipinski definition) is 0. The van der Waals surface area contributed by atoms with E-state index in [0.29, 0.717) is 0 Å². The Kier molecular flexibility index (Phi) is 5.60.